The summed E-state index contributed by atoms with van der Waals surface area (Å²) in [6.07, 6.45) is 13.1. The van der Waals surface area contributed by atoms with Gasteiger partial charge in [0.05, 0.1) is 0 Å². The van der Waals surface area contributed by atoms with E-state index >= 15 is 0 Å². The number of piperazine rings is 1. The summed E-state index contributed by atoms with van der Waals surface area (Å²) >= 11 is 0. The molecule has 0 amide bonds. The normalized spacial score (nSPS) is 33.0. The second-order valence-electron chi connectivity index (χ2n) is 7.59. The van der Waals surface area contributed by atoms with Crippen molar-refractivity contribution in [1.82, 2.24) is 10.2 Å². The molecule has 0 unspecified atom stereocenters. The van der Waals surface area contributed by atoms with Gasteiger partial charge < -0.3 is 5.32 Å². The molecule has 3 fully saturated rings. The van der Waals surface area contributed by atoms with Crippen LogP contribution in [0.1, 0.15) is 71.6 Å². The zero-order valence-electron chi connectivity index (χ0n) is 12.3. The second kappa shape index (κ2) is 4.79. The fraction of sp³-hybridized carbons (Fsp3) is 1.00. The lowest BCUT2D eigenvalue weighted by Gasteiger charge is -2.55. The molecule has 2 heteroatoms. The molecule has 0 atom stereocenters. The van der Waals surface area contributed by atoms with E-state index in [1.54, 1.807) is 0 Å². The lowest BCUT2D eigenvalue weighted by molar-refractivity contribution is -0.0263. The Morgan fingerprint density at radius 2 is 1.61 bits per heavy atom. The van der Waals surface area contributed by atoms with Crippen molar-refractivity contribution < 1.29 is 0 Å². The molecule has 1 heterocycles. The average Bonchev–Trinajstić information content (AvgIpc) is 2.84. The van der Waals surface area contributed by atoms with Crippen LogP contribution in [0.15, 0.2) is 0 Å². The maximum absolute atomic E-state index is 3.82. The predicted octanol–water partition coefficient (Wildman–Crippen LogP) is 3.32. The largest absolute Gasteiger partial charge is 0.309 e. The monoisotopic (exact) mass is 250 g/mol. The Balaban J connectivity index is 1.80. The highest BCUT2D eigenvalue weighted by Crippen LogP contribution is 2.41. The van der Waals surface area contributed by atoms with Gasteiger partial charge in [0.25, 0.3) is 0 Å². The van der Waals surface area contributed by atoms with Gasteiger partial charge in [-0.25, -0.2) is 0 Å². The van der Waals surface area contributed by atoms with Crippen LogP contribution >= 0.6 is 0 Å². The molecule has 2 nitrogen and oxygen atoms in total. The van der Waals surface area contributed by atoms with Crippen LogP contribution in [0.3, 0.4) is 0 Å². The van der Waals surface area contributed by atoms with Crippen LogP contribution in [-0.2, 0) is 0 Å². The number of nitrogens with one attached hydrogen (secondary N) is 1. The Morgan fingerprint density at radius 3 is 2.28 bits per heavy atom. The molecule has 1 N–H and O–H groups in total. The van der Waals surface area contributed by atoms with Crippen molar-refractivity contribution in [3.05, 3.63) is 0 Å². The SMILES string of the molecule is CC1(C)CN(C2CCCCC2)C2(CCCC2)CN1. The highest BCUT2D eigenvalue weighted by Gasteiger charge is 2.47. The third-order valence-electron chi connectivity index (χ3n) is 5.62. The first-order valence-corrected chi connectivity index (χ1v) is 8.13. The van der Waals surface area contributed by atoms with Gasteiger partial charge in [0.1, 0.15) is 0 Å². The van der Waals surface area contributed by atoms with Gasteiger partial charge in [-0.05, 0) is 39.5 Å². The summed E-state index contributed by atoms with van der Waals surface area (Å²) in [7, 11) is 0. The molecule has 0 aromatic carbocycles. The van der Waals surface area contributed by atoms with Gasteiger partial charge in [-0.2, -0.15) is 0 Å². The van der Waals surface area contributed by atoms with Crippen LogP contribution in [0.2, 0.25) is 0 Å². The first-order valence-electron chi connectivity index (χ1n) is 8.13. The number of rotatable bonds is 1. The summed E-state index contributed by atoms with van der Waals surface area (Å²) in [5, 5.41) is 3.82. The summed E-state index contributed by atoms with van der Waals surface area (Å²) in [4.78, 5) is 2.95. The van der Waals surface area contributed by atoms with Crippen molar-refractivity contribution in [3.8, 4) is 0 Å². The minimum atomic E-state index is 0.311. The van der Waals surface area contributed by atoms with Crippen LogP contribution in [-0.4, -0.2) is 35.1 Å². The number of nitrogens with zero attached hydrogens (tertiary/aromatic N) is 1. The molecular formula is C16H30N2. The maximum Gasteiger partial charge on any atom is 0.0337 e. The fourth-order valence-corrected chi connectivity index (χ4v) is 4.56. The summed E-state index contributed by atoms with van der Waals surface area (Å²) < 4.78 is 0. The summed E-state index contributed by atoms with van der Waals surface area (Å²) in [6.45, 7) is 7.25. The molecule has 1 spiro atoms. The van der Waals surface area contributed by atoms with Gasteiger partial charge in [0.15, 0.2) is 0 Å². The van der Waals surface area contributed by atoms with Crippen molar-refractivity contribution >= 4 is 0 Å². The van der Waals surface area contributed by atoms with E-state index in [-0.39, 0.29) is 0 Å². The first-order chi connectivity index (χ1) is 8.61. The van der Waals surface area contributed by atoms with Crippen LogP contribution in [0.25, 0.3) is 0 Å². The Bertz CT molecular complexity index is 285. The molecule has 0 aromatic heterocycles. The number of hydrogen-bond acceptors (Lipinski definition) is 2. The minimum Gasteiger partial charge on any atom is -0.309 e. The van der Waals surface area contributed by atoms with Gasteiger partial charge in [-0.15, -0.1) is 0 Å². The van der Waals surface area contributed by atoms with E-state index in [2.05, 4.69) is 24.1 Å². The van der Waals surface area contributed by atoms with Crippen LogP contribution < -0.4 is 5.32 Å². The van der Waals surface area contributed by atoms with Crippen LogP contribution in [0, 0.1) is 0 Å². The molecule has 18 heavy (non-hydrogen) atoms. The van der Waals surface area contributed by atoms with E-state index in [0.29, 0.717) is 11.1 Å². The van der Waals surface area contributed by atoms with E-state index in [9.17, 15) is 0 Å². The Kier molecular flexibility index (Phi) is 3.44. The molecule has 0 bridgehead atoms. The van der Waals surface area contributed by atoms with E-state index in [1.807, 2.05) is 0 Å². The molecule has 1 aliphatic heterocycles. The zero-order chi connectivity index (χ0) is 12.6. The molecule has 0 aromatic rings. The third kappa shape index (κ3) is 2.34. The minimum absolute atomic E-state index is 0.311. The van der Waals surface area contributed by atoms with Crippen molar-refractivity contribution in [2.24, 2.45) is 0 Å². The molecule has 1 saturated heterocycles. The predicted molar refractivity (Wildman–Crippen MR) is 76.9 cm³/mol. The summed E-state index contributed by atoms with van der Waals surface area (Å²) in [5.41, 5.74) is 0.836. The maximum atomic E-state index is 3.82. The second-order valence-corrected chi connectivity index (χ2v) is 7.59. The molecule has 104 valence electrons. The molecular weight excluding hydrogens is 220 g/mol. The Hall–Kier alpha value is -0.0800. The van der Waals surface area contributed by atoms with E-state index < -0.39 is 0 Å². The van der Waals surface area contributed by atoms with Gasteiger partial charge in [0, 0.05) is 30.2 Å². The molecule has 2 saturated carbocycles. The van der Waals surface area contributed by atoms with Gasteiger partial charge >= 0.3 is 0 Å². The van der Waals surface area contributed by atoms with Crippen LogP contribution in [0.4, 0.5) is 0 Å². The van der Waals surface area contributed by atoms with Gasteiger partial charge in [-0.3, -0.25) is 4.90 Å². The van der Waals surface area contributed by atoms with E-state index in [0.717, 1.165) is 6.04 Å². The van der Waals surface area contributed by atoms with E-state index in [4.69, 9.17) is 0 Å². The lowest BCUT2D eigenvalue weighted by atomic mass is 9.82. The smallest absolute Gasteiger partial charge is 0.0337 e. The van der Waals surface area contributed by atoms with Crippen molar-refractivity contribution in [3.63, 3.8) is 0 Å². The van der Waals surface area contributed by atoms with E-state index in [1.165, 1.54) is 70.9 Å². The van der Waals surface area contributed by atoms with Crippen molar-refractivity contribution in [1.29, 1.82) is 0 Å². The molecule has 3 aliphatic rings. The zero-order valence-corrected chi connectivity index (χ0v) is 12.3. The molecule has 0 radical (unpaired) electrons. The highest BCUT2D eigenvalue weighted by molar-refractivity contribution is 5.06. The first kappa shape index (κ1) is 12.9. The van der Waals surface area contributed by atoms with Gasteiger partial charge in [0.2, 0.25) is 0 Å². The van der Waals surface area contributed by atoms with Gasteiger partial charge in [-0.1, -0.05) is 32.1 Å². The Morgan fingerprint density at radius 1 is 0.944 bits per heavy atom. The summed E-state index contributed by atoms with van der Waals surface area (Å²) in [6, 6.07) is 0.887. The molecule has 3 rings (SSSR count). The third-order valence-corrected chi connectivity index (χ3v) is 5.62. The Labute approximate surface area is 113 Å². The number of hydrogen-bond donors (Lipinski definition) is 1. The highest BCUT2D eigenvalue weighted by atomic mass is 15.3. The van der Waals surface area contributed by atoms with Crippen molar-refractivity contribution in [2.45, 2.75) is 88.8 Å². The van der Waals surface area contributed by atoms with Crippen molar-refractivity contribution in [2.75, 3.05) is 13.1 Å². The molecule has 2 aliphatic carbocycles. The average molecular weight is 250 g/mol. The fourth-order valence-electron chi connectivity index (χ4n) is 4.56. The standard InChI is InChI=1S/C16H30N2/c1-15(2)13-18(14-8-4-3-5-9-14)16(12-17-15)10-6-7-11-16/h14,17H,3-13H2,1-2H3. The lowest BCUT2D eigenvalue weighted by Crippen LogP contribution is -2.69. The summed E-state index contributed by atoms with van der Waals surface area (Å²) in [5.74, 6) is 0. The van der Waals surface area contributed by atoms with Crippen LogP contribution in [0.5, 0.6) is 0 Å². The quantitative estimate of drug-likeness (QED) is 0.768. The topological polar surface area (TPSA) is 15.3 Å².